The molecular formula is C13H23N3O. The van der Waals surface area contributed by atoms with E-state index in [2.05, 4.69) is 34.9 Å². The highest BCUT2D eigenvalue weighted by molar-refractivity contribution is 4.96. The van der Waals surface area contributed by atoms with E-state index in [4.69, 9.17) is 4.74 Å². The summed E-state index contributed by atoms with van der Waals surface area (Å²) < 4.78 is 7.69. The van der Waals surface area contributed by atoms with Crippen molar-refractivity contribution in [3.05, 3.63) is 18.2 Å². The molecule has 1 aromatic rings. The van der Waals surface area contributed by atoms with Gasteiger partial charge in [0.15, 0.2) is 0 Å². The summed E-state index contributed by atoms with van der Waals surface area (Å²) in [4.78, 5) is 4.41. The summed E-state index contributed by atoms with van der Waals surface area (Å²) >= 11 is 0. The first-order valence-corrected chi connectivity index (χ1v) is 6.56. The maximum Gasteiger partial charge on any atom is 0.0950 e. The highest BCUT2D eigenvalue weighted by Crippen LogP contribution is 2.15. The van der Waals surface area contributed by atoms with E-state index in [-0.39, 0.29) is 0 Å². The summed E-state index contributed by atoms with van der Waals surface area (Å²) in [7, 11) is 0. The van der Waals surface area contributed by atoms with E-state index in [9.17, 15) is 0 Å². The molecule has 0 radical (unpaired) electrons. The van der Waals surface area contributed by atoms with E-state index in [0.29, 0.717) is 12.0 Å². The van der Waals surface area contributed by atoms with Crippen molar-refractivity contribution in [2.45, 2.75) is 45.8 Å². The highest BCUT2D eigenvalue weighted by atomic mass is 16.5. The SMILES string of the molecule is CC(C)NCc1cn(CC2CCCOC2)cn1. The van der Waals surface area contributed by atoms with Crippen molar-refractivity contribution < 1.29 is 4.74 Å². The fraction of sp³-hybridized carbons (Fsp3) is 0.769. The van der Waals surface area contributed by atoms with Gasteiger partial charge in [-0.2, -0.15) is 0 Å². The zero-order valence-corrected chi connectivity index (χ0v) is 10.9. The molecule has 0 bridgehead atoms. The molecule has 1 unspecified atom stereocenters. The van der Waals surface area contributed by atoms with Crippen LogP contribution in [0.15, 0.2) is 12.5 Å². The van der Waals surface area contributed by atoms with Gasteiger partial charge < -0.3 is 14.6 Å². The first-order chi connectivity index (χ1) is 8.24. The van der Waals surface area contributed by atoms with Gasteiger partial charge in [-0.25, -0.2) is 4.98 Å². The number of aromatic nitrogens is 2. The van der Waals surface area contributed by atoms with Gasteiger partial charge in [0, 0.05) is 37.9 Å². The molecule has 1 aliphatic heterocycles. The molecule has 1 atom stereocenters. The predicted octanol–water partition coefficient (Wildman–Crippen LogP) is 1.81. The lowest BCUT2D eigenvalue weighted by molar-refractivity contribution is 0.0483. The van der Waals surface area contributed by atoms with Crippen molar-refractivity contribution in [1.29, 1.82) is 0 Å². The van der Waals surface area contributed by atoms with E-state index in [1.165, 1.54) is 12.8 Å². The number of nitrogens with zero attached hydrogens (tertiary/aromatic N) is 2. The molecule has 1 N–H and O–H groups in total. The van der Waals surface area contributed by atoms with Crippen LogP contribution in [0.2, 0.25) is 0 Å². The number of ether oxygens (including phenoxy) is 1. The molecule has 4 heteroatoms. The van der Waals surface area contributed by atoms with Crippen LogP contribution >= 0.6 is 0 Å². The van der Waals surface area contributed by atoms with Gasteiger partial charge in [-0.1, -0.05) is 13.8 Å². The molecule has 1 saturated heterocycles. The number of nitrogens with one attached hydrogen (secondary N) is 1. The molecule has 0 aliphatic carbocycles. The van der Waals surface area contributed by atoms with Gasteiger partial charge in [-0.15, -0.1) is 0 Å². The standard InChI is InChI=1S/C13H23N3O/c1-11(2)14-6-13-8-16(10-15-13)7-12-4-3-5-17-9-12/h8,10-12,14H,3-7,9H2,1-2H3. The van der Waals surface area contributed by atoms with E-state index >= 15 is 0 Å². The van der Waals surface area contributed by atoms with Gasteiger partial charge in [0.2, 0.25) is 0 Å². The van der Waals surface area contributed by atoms with Crippen LogP contribution in [0.25, 0.3) is 0 Å². The third-order valence-electron chi connectivity index (χ3n) is 3.10. The number of hydrogen-bond acceptors (Lipinski definition) is 3. The van der Waals surface area contributed by atoms with Crippen LogP contribution in [0.4, 0.5) is 0 Å². The van der Waals surface area contributed by atoms with Crippen LogP contribution in [0.3, 0.4) is 0 Å². The van der Waals surface area contributed by atoms with Crippen LogP contribution in [0.1, 0.15) is 32.4 Å². The molecule has 96 valence electrons. The summed E-state index contributed by atoms with van der Waals surface area (Å²) in [6, 6.07) is 0.506. The van der Waals surface area contributed by atoms with Gasteiger partial charge in [0.1, 0.15) is 0 Å². The molecule has 4 nitrogen and oxygen atoms in total. The van der Waals surface area contributed by atoms with E-state index in [1.807, 2.05) is 6.33 Å². The van der Waals surface area contributed by atoms with Gasteiger partial charge in [-0.3, -0.25) is 0 Å². The lowest BCUT2D eigenvalue weighted by atomic mass is 10.0. The predicted molar refractivity (Wildman–Crippen MR) is 67.7 cm³/mol. The average molecular weight is 237 g/mol. The number of imidazole rings is 1. The Bertz CT molecular complexity index is 329. The van der Waals surface area contributed by atoms with Gasteiger partial charge >= 0.3 is 0 Å². The number of rotatable bonds is 5. The highest BCUT2D eigenvalue weighted by Gasteiger charge is 2.14. The summed E-state index contributed by atoms with van der Waals surface area (Å²) in [5.41, 5.74) is 1.12. The Morgan fingerprint density at radius 3 is 3.18 bits per heavy atom. The Labute approximate surface area is 103 Å². The summed E-state index contributed by atoms with van der Waals surface area (Å²) in [6.07, 6.45) is 6.55. The quantitative estimate of drug-likeness (QED) is 0.849. The first kappa shape index (κ1) is 12.6. The Hall–Kier alpha value is -0.870. The smallest absolute Gasteiger partial charge is 0.0950 e. The van der Waals surface area contributed by atoms with Crippen molar-refractivity contribution in [3.8, 4) is 0 Å². The average Bonchev–Trinajstić information content (AvgIpc) is 2.75. The van der Waals surface area contributed by atoms with Crippen molar-refractivity contribution in [2.24, 2.45) is 5.92 Å². The molecule has 0 saturated carbocycles. The minimum absolute atomic E-state index is 0.506. The van der Waals surface area contributed by atoms with Gasteiger partial charge in [0.25, 0.3) is 0 Å². The van der Waals surface area contributed by atoms with Crippen LogP contribution in [0.5, 0.6) is 0 Å². The van der Waals surface area contributed by atoms with Gasteiger partial charge in [0.05, 0.1) is 18.6 Å². The Balaban J connectivity index is 1.80. The molecule has 2 rings (SSSR count). The fourth-order valence-electron chi connectivity index (χ4n) is 2.16. The van der Waals surface area contributed by atoms with E-state index < -0.39 is 0 Å². The number of hydrogen-bond donors (Lipinski definition) is 1. The maximum atomic E-state index is 5.49. The van der Waals surface area contributed by atoms with Crippen molar-refractivity contribution in [3.63, 3.8) is 0 Å². The van der Waals surface area contributed by atoms with Crippen molar-refractivity contribution in [2.75, 3.05) is 13.2 Å². The zero-order chi connectivity index (χ0) is 12.1. The molecule has 1 aliphatic rings. The van der Waals surface area contributed by atoms with Crippen molar-refractivity contribution in [1.82, 2.24) is 14.9 Å². The first-order valence-electron chi connectivity index (χ1n) is 6.56. The second-order valence-corrected chi connectivity index (χ2v) is 5.18. The van der Waals surface area contributed by atoms with Gasteiger partial charge in [-0.05, 0) is 12.8 Å². The molecule has 0 spiro atoms. The summed E-state index contributed by atoms with van der Waals surface area (Å²) in [5, 5.41) is 3.38. The normalized spacial score (nSPS) is 21.0. The lowest BCUT2D eigenvalue weighted by Crippen LogP contribution is -2.22. The molecule has 0 aromatic carbocycles. The Morgan fingerprint density at radius 1 is 1.59 bits per heavy atom. The molecule has 1 aromatic heterocycles. The molecule has 17 heavy (non-hydrogen) atoms. The third kappa shape index (κ3) is 4.13. The molecule has 1 fully saturated rings. The molecule has 2 heterocycles. The fourth-order valence-corrected chi connectivity index (χ4v) is 2.16. The Morgan fingerprint density at radius 2 is 2.47 bits per heavy atom. The minimum Gasteiger partial charge on any atom is -0.381 e. The summed E-state index contributed by atoms with van der Waals surface area (Å²) in [6.45, 7) is 8.02. The van der Waals surface area contributed by atoms with Crippen LogP contribution in [0, 0.1) is 5.92 Å². The summed E-state index contributed by atoms with van der Waals surface area (Å²) in [5.74, 6) is 0.656. The van der Waals surface area contributed by atoms with Crippen LogP contribution in [-0.2, 0) is 17.8 Å². The monoisotopic (exact) mass is 237 g/mol. The second-order valence-electron chi connectivity index (χ2n) is 5.18. The molecular weight excluding hydrogens is 214 g/mol. The third-order valence-corrected chi connectivity index (χ3v) is 3.10. The topological polar surface area (TPSA) is 39.1 Å². The van der Waals surface area contributed by atoms with E-state index in [1.54, 1.807) is 0 Å². The molecule has 0 amide bonds. The van der Waals surface area contributed by atoms with Crippen LogP contribution < -0.4 is 5.32 Å². The second kappa shape index (κ2) is 6.17. The van der Waals surface area contributed by atoms with E-state index in [0.717, 1.165) is 32.0 Å². The largest absolute Gasteiger partial charge is 0.381 e. The van der Waals surface area contributed by atoms with Crippen molar-refractivity contribution >= 4 is 0 Å². The zero-order valence-electron chi connectivity index (χ0n) is 10.9. The lowest BCUT2D eigenvalue weighted by Gasteiger charge is -2.22. The van der Waals surface area contributed by atoms with Crippen LogP contribution in [-0.4, -0.2) is 28.8 Å². The maximum absolute atomic E-state index is 5.49. The minimum atomic E-state index is 0.506. The Kier molecular flexibility index (Phi) is 4.57.